The van der Waals surface area contributed by atoms with Gasteiger partial charge in [0.1, 0.15) is 0 Å². The maximum Gasteiger partial charge on any atom is 0.345 e. The lowest BCUT2D eigenvalue weighted by Gasteiger charge is -2.35. The van der Waals surface area contributed by atoms with Gasteiger partial charge in [-0.05, 0) is 23.2 Å². The van der Waals surface area contributed by atoms with Crippen molar-refractivity contribution in [2.45, 2.75) is 54.9 Å². The van der Waals surface area contributed by atoms with E-state index in [2.05, 4.69) is 25.7 Å². The fourth-order valence-corrected chi connectivity index (χ4v) is 2.58. The van der Waals surface area contributed by atoms with Crippen LogP contribution in [0.2, 0.25) is 0 Å². The van der Waals surface area contributed by atoms with Crippen LogP contribution in [-0.2, 0) is 9.68 Å². The first-order valence-corrected chi connectivity index (χ1v) is 5.84. The van der Waals surface area contributed by atoms with E-state index in [1.165, 1.54) is 0 Å². The van der Waals surface area contributed by atoms with Crippen molar-refractivity contribution in [2.75, 3.05) is 0 Å². The van der Waals surface area contributed by atoms with Crippen molar-refractivity contribution < 1.29 is 14.9 Å². The second-order valence-corrected chi connectivity index (χ2v) is 7.00. The summed E-state index contributed by atoms with van der Waals surface area (Å²) in [6.07, 6.45) is 0.921. The monoisotopic (exact) mass is 230 g/mol. The Morgan fingerprint density at radius 3 is 1.88 bits per heavy atom. The zero-order valence-electron chi connectivity index (χ0n) is 11.6. The molecule has 0 saturated carbocycles. The highest BCUT2D eigenvalue weighted by atomic mass is 17.1. The van der Waals surface area contributed by atoms with E-state index < -0.39 is 5.97 Å². The van der Waals surface area contributed by atoms with Gasteiger partial charge >= 0.3 is 5.97 Å². The van der Waals surface area contributed by atoms with Crippen molar-refractivity contribution in [1.82, 2.24) is 0 Å². The van der Waals surface area contributed by atoms with Crippen LogP contribution in [-0.4, -0.2) is 11.2 Å². The zero-order chi connectivity index (χ0) is 13.1. The molecule has 3 nitrogen and oxygen atoms in total. The van der Waals surface area contributed by atoms with E-state index in [0.29, 0.717) is 0 Å². The van der Waals surface area contributed by atoms with E-state index in [1.54, 1.807) is 0 Å². The Morgan fingerprint density at radius 2 is 1.62 bits per heavy atom. The first-order valence-electron chi connectivity index (χ1n) is 5.84. The molecule has 0 spiro atoms. The third kappa shape index (κ3) is 4.97. The van der Waals surface area contributed by atoms with Gasteiger partial charge in [0.25, 0.3) is 0 Å². The molecular weight excluding hydrogens is 204 g/mol. The predicted molar refractivity (Wildman–Crippen MR) is 64.9 cm³/mol. The van der Waals surface area contributed by atoms with Crippen LogP contribution in [0.3, 0.4) is 0 Å². The fraction of sp³-hybridized carbons (Fsp3) is 0.923. The average Bonchev–Trinajstić information content (AvgIpc) is 1.97. The maximum absolute atomic E-state index is 11.6. The van der Waals surface area contributed by atoms with Crippen molar-refractivity contribution in [3.63, 3.8) is 0 Å². The van der Waals surface area contributed by atoms with Crippen LogP contribution < -0.4 is 0 Å². The molecule has 0 rings (SSSR count). The van der Waals surface area contributed by atoms with Crippen LogP contribution in [0.25, 0.3) is 0 Å². The molecule has 0 fully saturated rings. The van der Waals surface area contributed by atoms with Crippen LogP contribution in [0, 0.1) is 22.7 Å². The summed E-state index contributed by atoms with van der Waals surface area (Å²) in [6.45, 7) is 14.5. The molecule has 3 heteroatoms. The van der Waals surface area contributed by atoms with Crippen molar-refractivity contribution >= 4 is 5.97 Å². The Morgan fingerprint density at radius 1 is 1.19 bits per heavy atom. The molecule has 0 aromatic rings. The van der Waals surface area contributed by atoms with Gasteiger partial charge in [-0.15, -0.1) is 0 Å². The Bertz CT molecular complexity index is 233. The van der Waals surface area contributed by atoms with E-state index in [4.69, 9.17) is 5.26 Å². The third-order valence-corrected chi connectivity index (χ3v) is 2.78. The molecule has 0 bridgehead atoms. The molecular formula is C13H26O3. The highest BCUT2D eigenvalue weighted by Crippen LogP contribution is 2.38. The second kappa shape index (κ2) is 5.17. The number of carbonyl (C=O) groups is 1. The molecule has 0 aliphatic rings. The molecule has 0 aliphatic carbocycles. The Hall–Kier alpha value is -0.570. The molecule has 0 aliphatic heterocycles. The van der Waals surface area contributed by atoms with Crippen LogP contribution >= 0.6 is 0 Å². The van der Waals surface area contributed by atoms with Gasteiger partial charge in [-0.2, -0.15) is 5.26 Å². The second-order valence-electron chi connectivity index (χ2n) is 7.00. The van der Waals surface area contributed by atoms with E-state index in [-0.39, 0.29) is 22.7 Å². The highest BCUT2D eigenvalue weighted by Gasteiger charge is 2.38. The van der Waals surface area contributed by atoms with Crippen molar-refractivity contribution in [2.24, 2.45) is 22.7 Å². The lowest BCUT2D eigenvalue weighted by molar-refractivity contribution is -0.244. The zero-order valence-corrected chi connectivity index (χ0v) is 11.6. The van der Waals surface area contributed by atoms with Crippen molar-refractivity contribution in [3.8, 4) is 0 Å². The normalized spacial score (nSPS) is 16.8. The molecule has 0 heterocycles. The summed E-state index contributed by atoms with van der Waals surface area (Å²) in [6, 6.07) is 0. The summed E-state index contributed by atoms with van der Waals surface area (Å²) in [4.78, 5) is 15.5. The van der Waals surface area contributed by atoms with Gasteiger partial charge < -0.3 is 4.89 Å². The molecule has 0 saturated heterocycles. The maximum atomic E-state index is 11.6. The number of rotatable bonds is 3. The SMILES string of the molecule is CC(CC(C)(C)C)C(C(=O)OO)C(C)(C)C. The predicted octanol–water partition coefficient (Wildman–Crippen LogP) is 3.74. The molecule has 16 heavy (non-hydrogen) atoms. The minimum absolute atomic E-state index is 0.165. The Labute approximate surface area is 99.1 Å². The summed E-state index contributed by atoms with van der Waals surface area (Å²) in [7, 11) is 0. The fourth-order valence-electron chi connectivity index (χ4n) is 2.58. The minimum atomic E-state index is -0.524. The number of carbonyl (C=O) groups excluding carboxylic acids is 1. The van der Waals surface area contributed by atoms with Gasteiger partial charge in [-0.25, -0.2) is 4.79 Å². The lowest BCUT2D eigenvalue weighted by atomic mass is 9.69. The van der Waals surface area contributed by atoms with Gasteiger partial charge in [0.2, 0.25) is 0 Å². The van der Waals surface area contributed by atoms with Crippen molar-refractivity contribution in [3.05, 3.63) is 0 Å². The smallest absolute Gasteiger partial charge is 0.301 e. The largest absolute Gasteiger partial charge is 0.345 e. The van der Waals surface area contributed by atoms with Gasteiger partial charge in [0.05, 0.1) is 5.92 Å². The van der Waals surface area contributed by atoms with Gasteiger partial charge in [0.15, 0.2) is 0 Å². The molecule has 0 aromatic carbocycles. The Balaban J connectivity index is 4.85. The standard InChI is InChI=1S/C13H26O3/c1-9(8-12(2,3)4)10(11(14)16-15)13(5,6)7/h9-10,15H,8H2,1-7H3. The van der Waals surface area contributed by atoms with Crippen molar-refractivity contribution in [1.29, 1.82) is 0 Å². The molecule has 96 valence electrons. The van der Waals surface area contributed by atoms with Gasteiger partial charge in [0, 0.05) is 0 Å². The first kappa shape index (κ1) is 15.4. The summed E-state index contributed by atoms with van der Waals surface area (Å²) in [5.74, 6) is -0.624. The topological polar surface area (TPSA) is 46.5 Å². The number of hydrogen-bond donors (Lipinski definition) is 1. The minimum Gasteiger partial charge on any atom is -0.301 e. The van der Waals surface area contributed by atoms with Crippen LogP contribution in [0.15, 0.2) is 0 Å². The first-order chi connectivity index (χ1) is 6.99. The molecule has 2 atom stereocenters. The molecule has 2 unspecified atom stereocenters. The summed E-state index contributed by atoms with van der Waals surface area (Å²) >= 11 is 0. The van der Waals surface area contributed by atoms with E-state index in [0.717, 1.165) is 6.42 Å². The summed E-state index contributed by atoms with van der Waals surface area (Å²) in [5, 5.41) is 8.57. The van der Waals surface area contributed by atoms with E-state index in [1.807, 2.05) is 27.7 Å². The van der Waals surface area contributed by atoms with Crippen LogP contribution in [0.1, 0.15) is 54.9 Å². The average molecular weight is 230 g/mol. The Kier molecular flexibility index (Phi) is 4.99. The quantitative estimate of drug-likeness (QED) is 0.593. The van der Waals surface area contributed by atoms with Gasteiger partial charge in [-0.1, -0.05) is 48.5 Å². The summed E-state index contributed by atoms with van der Waals surface area (Å²) in [5.41, 5.74) is -0.0386. The van der Waals surface area contributed by atoms with Crippen LogP contribution in [0.5, 0.6) is 0 Å². The summed E-state index contributed by atoms with van der Waals surface area (Å²) < 4.78 is 0. The highest BCUT2D eigenvalue weighted by molar-refractivity contribution is 5.72. The van der Waals surface area contributed by atoms with E-state index in [9.17, 15) is 4.79 Å². The lowest BCUT2D eigenvalue weighted by Crippen LogP contribution is -2.36. The molecule has 0 aromatic heterocycles. The molecule has 1 N–H and O–H groups in total. The number of hydrogen-bond acceptors (Lipinski definition) is 3. The van der Waals surface area contributed by atoms with Gasteiger partial charge in [-0.3, -0.25) is 0 Å². The molecule has 0 amide bonds. The third-order valence-electron chi connectivity index (χ3n) is 2.78. The van der Waals surface area contributed by atoms with E-state index >= 15 is 0 Å². The van der Waals surface area contributed by atoms with Crippen LogP contribution in [0.4, 0.5) is 0 Å². The molecule has 0 radical (unpaired) electrons.